The summed E-state index contributed by atoms with van der Waals surface area (Å²) in [7, 11) is 0. The maximum Gasteiger partial charge on any atom is 0.329 e. The van der Waals surface area contributed by atoms with Crippen LogP contribution >= 0.6 is 0 Å². The number of rotatable bonds is 6. The van der Waals surface area contributed by atoms with Crippen molar-refractivity contribution in [2.24, 2.45) is 5.41 Å². The van der Waals surface area contributed by atoms with Crippen molar-refractivity contribution in [1.29, 1.82) is 0 Å². The summed E-state index contributed by atoms with van der Waals surface area (Å²) >= 11 is 0. The minimum Gasteiger partial charge on any atom is -0.480 e. The molecule has 0 radical (unpaired) electrons. The van der Waals surface area contributed by atoms with Gasteiger partial charge in [-0.2, -0.15) is 0 Å². The Morgan fingerprint density at radius 3 is 2.53 bits per heavy atom. The Bertz CT molecular complexity index is 308. The molecule has 1 fully saturated rings. The topological polar surface area (TPSA) is 87.7 Å². The molecule has 0 spiro atoms. The molecule has 1 aliphatic carbocycles. The molecule has 2 amide bonds. The van der Waals surface area contributed by atoms with E-state index >= 15 is 0 Å². The smallest absolute Gasteiger partial charge is 0.329 e. The second kappa shape index (κ2) is 7.33. The van der Waals surface area contributed by atoms with Gasteiger partial charge in [0.05, 0.1) is 6.61 Å². The van der Waals surface area contributed by atoms with E-state index in [0.717, 1.165) is 25.7 Å². The highest BCUT2D eigenvalue weighted by molar-refractivity contribution is 5.74. The van der Waals surface area contributed by atoms with Gasteiger partial charge in [-0.1, -0.05) is 13.8 Å². The number of aliphatic carboxylic acids is 1. The summed E-state index contributed by atoms with van der Waals surface area (Å²) in [6, 6.07) is 0.0385. The van der Waals surface area contributed by atoms with Crippen molar-refractivity contribution >= 4 is 12.0 Å². The lowest BCUT2D eigenvalue weighted by atomic mass is 9.76. The van der Waals surface area contributed by atoms with Crippen molar-refractivity contribution in [2.45, 2.75) is 45.6 Å². The Balaban J connectivity index is 2.06. The molecule has 1 aliphatic rings. The molecular weight excluding hydrogens is 248 g/mol. The van der Waals surface area contributed by atoms with Crippen LogP contribution in [0.5, 0.6) is 0 Å². The normalized spacial score (nSPS) is 18.8. The third-order valence-electron chi connectivity index (χ3n) is 3.43. The van der Waals surface area contributed by atoms with E-state index in [1.807, 2.05) is 0 Å². The van der Waals surface area contributed by atoms with Crippen LogP contribution in [-0.2, 0) is 9.53 Å². The van der Waals surface area contributed by atoms with E-state index in [-0.39, 0.29) is 25.3 Å². The molecule has 19 heavy (non-hydrogen) atoms. The molecule has 1 saturated carbocycles. The van der Waals surface area contributed by atoms with Crippen LogP contribution in [0.4, 0.5) is 4.79 Å². The van der Waals surface area contributed by atoms with Gasteiger partial charge in [0.15, 0.2) is 0 Å². The molecule has 0 aromatic rings. The van der Waals surface area contributed by atoms with Gasteiger partial charge in [0.2, 0.25) is 0 Å². The maximum absolute atomic E-state index is 11.6. The summed E-state index contributed by atoms with van der Waals surface area (Å²) in [5.74, 6) is -1.01. The van der Waals surface area contributed by atoms with Crippen LogP contribution in [-0.4, -0.2) is 42.9 Å². The number of nitrogens with one attached hydrogen (secondary N) is 2. The van der Waals surface area contributed by atoms with Crippen molar-refractivity contribution < 1.29 is 19.4 Å². The number of amides is 2. The lowest BCUT2D eigenvalue weighted by molar-refractivity contribution is -0.142. The lowest BCUT2D eigenvalue weighted by Gasteiger charge is -2.34. The molecule has 0 aliphatic heterocycles. The Hall–Kier alpha value is -1.30. The zero-order chi connectivity index (χ0) is 14.3. The van der Waals surface area contributed by atoms with Crippen molar-refractivity contribution in [3.05, 3.63) is 0 Å². The maximum atomic E-state index is 11.6. The average Bonchev–Trinajstić information content (AvgIpc) is 2.31. The molecular formula is C13H24N2O4. The van der Waals surface area contributed by atoms with Crippen molar-refractivity contribution in [3.63, 3.8) is 0 Å². The van der Waals surface area contributed by atoms with Crippen LogP contribution in [0.25, 0.3) is 0 Å². The Kier molecular flexibility index (Phi) is 6.08. The molecule has 0 heterocycles. The molecule has 0 aromatic carbocycles. The molecule has 0 aromatic heterocycles. The number of carboxylic acid groups (broad SMARTS) is 1. The molecule has 1 rings (SSSR count). The average molecular weight is 272 g/mol. The first kappa shape index (κ1) is 15.8. The highest BCUT2D eigenvalue weighted by Crippen LogP contribution is 2.34. The third-order valence-corrected chi connectivity index (χ3v) is 3.43. The van der Waals surface area contributed by atoms with Gasteiger partial charge in [0.1, 0.15) is 6.61 Å². The minimum atomic E-state index is -1.01. The molecule has 0 unspecified atom stereocenters. The van der Waals surface area contributed by atoms with E-state index in [1.165, 1.54) is 0 Å². The summed E-state index contributed by atoms with van der Waals surface area (Å²) in [6.07, 6.45) is 4.27. The second-order valence-electron chi connectivity index (χ2n) is 5.79. The molecule has 3 N–H and O–H groups in total. The molecule has 0 saturated heterocycles. The van der Waals surface area contributed by atoms with E-state index in [0.29, 0.717) is 12.0 Å². The van der Waals surface area contributed by atoms with Crippen LogP contribution in [0, 0.1) is 5.41 Å². The minimum absolute atomic E-state index is 0.205. The third kappa shape index (κ3) is 7.00. The van der Waals surface area contributed by atoms with E-state index in [4.69, 9.17) is 9.84 Å². The van der Waals surface area contributed by atoms with Crippen molar-refractivity contribution in [3.8, 4) is 0 Å². The van der Waals surface area contributed by atoms with Gasteiger partial charge >= 0.3 is 12.0 Å². The Morgan fingerprint density at radius 1 is 1.32 bits per heavy atom. The zero-order valence-electron chi connectivity index (χ0n) is 11.7. The van der Waals surface area contributed by atoms with Crippen molar-refractivity contribution in [2.75, 3.05) is 19.8 Å². The fourth-order valence-electron chi connectivity index (χ4n) is 2.18. The monoisotopic (exact) mass is 272 g/mol. The van der Waals surface area contributed by atoms with Gasteiger partial charge in [-0.05, 0) is 31.1 Å². The van der Waals surface area contributed by atoms with Crippen LogP contribution < -0.4 is 10.6 Å². The number of urea groups is 1. The molecule has 0 atom stereocenters. The summed E-state index contributed by atoms with van der Waals surface area (Å²) in [5.41, 5.74) is 0.388. The van der Waals surface area contributed by atoms with Crippen LogP contribution in [0.2, 0.25) is 0 Å². The van der Waals surface area contributed by atoms with Gasteiger partial charge in [0, 0.05) is 12.6 Å². The quantitative estimate of drug-likeness (QED) is 0.637. The van der Waals surface area contributed by atoms with Gasteiger partial charge in [0.25, 0.3) is 0 Å². The standard InChI is InChI=1S/C13H24N2O4/c1-13(2)5-3-10(4-6-13)15-12(18)14-7-8-19-9-11(16)17/h10H,3-9H2,1-2H3,(H,16,17)(H2,14,15,18). The van der Waals surface area contributed by atoms with Crippen LogP contribution in [0.1, 0.15) is 39.5 Å². The molecule has 6 heteroatoms. The predicted molar refractivity (Wildman–Crippen MR) is 71.0 cm³/mol. The van der Waals surface area contributed by atoms with E-state index < -0.39 is 5.97 Å². The Labute approximate surface area is 113 Å². The first-order valence-corrected chi connectivity index (χ1v) is 6.73. The van der Waals surface area contributed by atoms with Gasteiger partial charge in [-0.25, -0.2) is 9.59 Å². The SMILES string of the molecule is CC1(C)CCC(NC(=O)NCCOCC(=O)O)CC1. The van der Waals surface area contributed by atoms with E-state index in [2.05, 4.69) is 24.5 Å². The van der Waals surface area contributed by atoms with E-state index in [9.17, 15) is 9.59 Å². The number of hydrogen-bond acceptors (Lipinski definition) is 3. The predicted octanol–water partition coefficient (Wildman–Crippen LogP) is 1.36. The summed E-state index contributed by atoms with van der Waals surface area (Å²) < 4.78 is 4.82. The molecule has 110 valence electrons. The van der Waals surface area contributed by atoms with Gasteiger partial charge < -0.3 is 20.5 Å². The lowest BCUT2D eigenvalue weighted by Crippen LogP contribution is -2.45. The number of carboxylic acids is 1. The number of hydrogen-bond donors (Lipinski definition) is 3. The second-order valence-corrected chi connectivity index (χ2v) is 5.79. The first-order valence-electron chi connectivity index (χ1n) is 6.73. The summed E-state index contributed by atoms with van der Waals surface area (Å²) in [4.78, 5) is 21.8. The first-order chi connectivity index (χ1) is 8.89. The highest BCUT2D eigenvalue weighted by Gasteiger charge is 2.27. The number of carbonyl (C=O) groups is 2. The number of carbonyl (C=O) groups excluding carboxylic acids is 1. The van der Waals surface area contributed by atoms with E-state index in [1.54, 1.807) is 0 Å². The Morgan fingerprint density at radius 2 is 1.95 bits per heavy atom. The highest BCUT2D eigenvalue weighted by atomic mass is 16.5. The summed E-state index contributed by atoms with van der Waals surface area (Å²) in [6.45, 7) is 4.70. The van der Waals surface area contributed by atoms with Crippen LogP contribution in [0.15, 0.2) is 0 Å². The molecule has 0 bridgehead atoms. The summed E-state index contributed by atoms with van der Waals surface area (Å²) in [5, 5.41) is 13.9. The molecule has 6 nitrogen and oxygen atoms in total. The zero-order valence-corrected chi connectivity index (χ0v) is 11.7. The van der Waals surface area contributed by atoms with Gasteiger partial charge in [-0.3, -0.25) is 0 Å². The fraction of sp³-hybridized carbons (Fsp3) is 0.846. The fourth-order valence-corrected chi connectivity index (χ4v) is 2.18. The van der Waals surface area contributed by atoms with Crippen LogP contribution in [0.3, 0.4) is 0 Å². The van der Waals surface area contributed by atoms with Crippen molar-refractivity contribution in [1.82, 2.24) is 10.6 Å². The van der Waals surface area contributed by atoms with Gasteiger partial charge in [-0.15, -0.1) is 0 Å². The number of ether oxygens (including phenoxy) is 1. The largest absolute Gasteiger partial charge is 0.480 e.